The summed E-state index contributed by atoms with van der Waals surface area (Å²) in [5.41, 5.74) is 0.451. The molecule has 17 heavy (non-hydrogen) atoms. The molecule has 5 heteroatoms. The molecule has 0 radical (unpaired) electrons. The van der Waals surface area contributed by atoms with Crippen molar-refractivity contribution in [1.29, 1.82) is 5.26 Å². The minimum Gasteiger partial charge on any atom is -0.312 e. The van der Waals surface area contributed by atoms with E-state index in [2.05, 4.69) is 0 Å². The molecule has 0 N–H and O–H groups in total. The van der Waals surface area contributed by atoms with Crippen LogP contribution < -0.4 is 4.90 Å². The van der Waals surface area contributed by atoms with Gasteiger partial charge < -0.3 is 4.90 Å². The van der Waals surface area contributed by atoms with Crippen LogP contribution in [0.3, 0.4) is 0 Å². The van der Waals surface area contributed by atoms with Crippen LogP contribution in [0.15, 0.2) is 24.3 Å². The first-order valence-corrected chi connectivity index (χ1v) is 5.13. The lowest BCUT2D eigenvalue weighted by Crippen LogP contribution is -2.43. The SMILES string of the molecule is C[C@@H](C#N)N(C)C(=O)N(C)c1cccc(F)c1. The molecule has 0 bridgehead atoms. The first-order valence-electron chi connectivity index (χ1n) is 5.13. The third-order valence-electron chi connectivity index (χ3n) is 2.55. The summed E-state index contributed by atoms with van der Waals surface area (Å²) in [6, 6.07) is 6.82. The van der Waals surface area contributed by atoms with E-state index >= 15 is 0 Å². The Morgan fingerprint density at radius 1 is 1.47 bits per heavy atom. The molecule has 0 heterocycles. The monoisotopic (exact) mass is 235 g/mol. The van der Waals surface area contributed by atoms with Crippen LogP contribution in [0, 0.1) is 17.1 Å². The van der Waals surface area contributed by atoms with E-state index in [4.69, 9.17) is 5.26 Å². The van der Waals surface area contributed by atoms with Gasteiger partial charge in [0.05, 0.1) is 6.07 Å². The maximum atomic E-state index is 13.0. The van der Waals surface area contributed by atoms with Crippen molar-refractivity contribution in [3.8, 4) is 6.07 Å². The van der Waals surface area contributed by atoms with Gasteiger partial charge in [-0.3, -0.25) is 4.90 Å². The van der Waals surface area contributed by atoms with Gasteiger partial charge in [0.15, 0.2) is 0 Å². The average Bonchev–Trinajstić information content (AvgIpc) is 2.35. The smallest absolute Gasteiger partial charge is 0.312 e. The largest absolute Gasteiger partial charge is 0.325 e. The molecule has 0 aliphatic heterocycles. The van der Waals surface area contributed by atoms with Crippen molar-refractivity contribution in [1.82, 2.24) is 4.90 Å². The maximum absolute atomic E-state index is 13.0. The van der Waals surface area contributed by atoms with Crippen molar-refractivity contribution in [2.45, 2.75) is 13.0 Å². The third kappa shape index (κ3) is 2.94. The quantitative estimate of drug-likeness (QED) is 0.789. The highest BCUT2D eigenvalue weighted by molar-refractivity contribution is 5.91. The van der Waals surface area contributed by atoms with Crippen LogP contribution in [-0.4, -0.2) is 31.1 Å². The minimum atomic E-state index is -0.529. The number of carbonyl (C=O) groups excluding carboxylic acids is 1. The van der Waals surface area contributed by atoms with E-state index in [0.29, 0.717) is 5.69 Å². The van der Waals surface area contributed by atoms with Crippen LogP contribution >= 0.6 is 0 Å². The van der Waals surface area contributed by atoms with Crippen LogP contribution in [0.1, 0.15) is 6.92 Å². The number of benzene rings is 1. The number of anilines is 1. The van der Waals surface area contributed by atoms with Crippen molar-refractivity contribution in [3.63, 3.8) is 0 Å². The van der Waals surface area contributed by atoms with Gasteiger partial charge in [0.1, 0.15) is 11.9 Å². The maximum Gasteiger partial charge on any atom is 0.325 e. The number of amides is 2. The molecular weight excluding hydrogens is 221 g/mol. The van der Waals surface area contributed by atoms with E-state index in [0.717, 1.165) is 0 Å². The zero-order valence-electron chi connectivity index (χ0n) is 10.0. The van der Waals surface area contributed by atoms with Crippen molar-refractivity contribution in [2.75, 3.05) is 19.0 Å². The molecule has 0 aromatic heterocycles. The minimum absolute atomic E-state index is 0.357. The number of nitrogens with zero attached hydrogens (tertiary/aromatic N) is 3. The van der Waals surface area contributed by atoms with Gasteiger partial charge in [-0.1, -0.05) is 6.07 Å². The van der Waals surface area contributed by atoms with Crippen molar-refractivity contribution in [2.24, 2.45) is 0 Å². The standard InChI is InChI=1S/C12H14FN3O/c1-9(8-14)15(2)12(17)16(3)11-6-4-5-10(13)7-11/h4-7,9H,1-3H3/t9-/m0/s1. The fourth-order valence-corrected chi connectivity index (χ4v) is 1.28. The summed E-state index contributed by atoms with van der Waals surface area (Å²) in [5, 5.41) is 8.73. The predicted molar refractivity (Wildman–Crippen MR) is 63.0 cm³/mol. The van der Waals surface area contributed by atoms with Gasteiger partial charge in [-0.15, -0.1) is 0 Å². The van der Waals surface area contributed by atoms with Gasteiger partial charge in [0, 0.05) is 19.8 Å². The number of halogens is 1. The number of carbonyl (C=O) groups is 1. The van der Waals surface area contributed by atoms with Crippen LogP contribution in [0.2, 0.25) is 0 Å². The summed E-state index contributed by atoms with van der Waals surface area (Å²) >= 11 is 0. The zero-order valence-corrected chi connectivity index (χ0v) is 10.0. The Hall–Kier alpha value is -2.09. The highest BCUT2D eigenvalue weighted by atomic mass is 19.1. The molecule has 90 valence electrons. The lowest BCUT2D eigenvalue weighted by Gasteiger charge is -2.26. The zero-order chi connectivity index (χ0) is 13.0. The molecule has 1 aromatic rings. The first-order chi connectivity index (χ1) is 7.97. The van der Waals surface area contributed by atoms with Gasteiger partial charge in [0.25, 0.3) is 0 Å². The van der Waals surface area contributed by atoms with Gasteiger partial charge >= 0.3 is 6.03 Å². The van der Waals surface area contributed by atoms with Crippen molar-refractivity contribution in [3.05, 3.63) is 30.1 Å². The van der Waals surface area contributed by atoms with Gasteiger partial charge in [-0.05, 0) is 25.1 Å². The van der Waals surface area contributed by atoms with Crippen LogP contribution in [0.5, 0.6) is 0 Å². The number of hydrogen-bond acceptors (Lipinski definition) is 2. The second-order valence-electron chi connectivity index (χ2n) is 3.74. The molecule has 4 nitrogen and oxygen atoms in total. The molecule has 0 spiro atoms. The van der Waals surface area contributed by atoms with Crippen LogP contribution in [0.4, 0.5) is 14.9 Å². The molecule has 0 fully saturated rings. The fourth-order valence-electron chi connectivity index (χ4n) is 1.28. The molecule has 2 amide bonds. The van der Waals surface area contributed by atoms with Gasteiger partial charge in [0.2, 0.25) is 0 Å². The molecule has 0 aliphatic rings. The number of nitriles is 1. The van der Waals surface area contributed by atoms with Gasteiger partial charge in [-0.2, -0.15) is 5.26 Å². The van der Waals surface area contributed by atoms with E-state index in [1.807, 2.05) is 6.07 Å². The summed E-state index contributed by atoms with van der Waals surface area (Å²) in [7, 11) is 3.07. The Balaban J connectivity index is 2.87. The molecule has 0 unspecified atom stereocenters. The average molecular weight is 235 g/mol. The molecule has 0 saturated carbocycles. The van der Waals surface area contributed by atoms with E-state index in [1.165, 1.54) is 42.1 Å². The Morgan fingerprint density at radius 2 is 2.12 bits per heavy atom. The Kier molecular flexibility index (Phi) is 4.05. The van der Waals surface area contributed by atoms with Crippen molar-refractivity contribution < 1.29 is 9.18 Å². The highest BCUT2D eigenvalue weighted by Gasteiger charge is 2.20. The van der Waals surface area contributed by atoms with E-state index in [-0.39, 0.29) is 6.03 Å². The van der Waals surface area contributed by atoms with Gasteiger partial charge in [-0.25, -0.2) is 9.18 Å². The highest BCUT2D eigenvalue weighted by Crippen LogP contribution is 2.15. The van der Waals surface area contributed by atoms with E-state index < -0.39 is 11.9 Å². The van der Waals surface area contributed by atoms with E-state index in [1.54, 1.807) is 13.0 Å². The van der Waals surface area contributed by atoms with Crippen LogP contribution in [-0.2, 0) is 0 Å². The summed E-state index contributed by atoms with van der Waals surface area (Å²) in [6.45, 7) is 1.62. The summed E-state index contributed by atoms with van der Waals surface area (Å²) in [4.78, 5) is 14.5. The predicted octanol–water partition coefficient (Wildman–Crippen LogP) is 2.23. The molecule has 1 aromatic carbocycles. The van der Waals surface area contributed by atoms with E-state index in [9.17, 15) is 9.18 Å². The second kappa shape index (κ2) is 5.30. The summed E-state index contributed by atoms with van der Waals surface area (Å²) in [6.07, 6.45) is 0. The molecular formula is C12H14FN3O. The lowest BCUT2D eigenvalue weighted by molar-refractivity contribution is 0.211. The topological polar surface area (TPSA) is 47.3 Å². The summed E-state index contributed by atoms with van der Waals surface area (Å²) in [5.74, 6) is -0.405. The summed E-state index contributed by atoms with van der Waals surface area (Å²) < 4.78 is 13.0. The number of urea groups is 1. The second-order valence-corrected chi connectivity index (χ2v) is 3.74. The Bertz CT molecular complexity index is 455. The first kappa shape index (κ1) is 13.0. The fraction of sp³-hybridized carbons (Fsp3) is 0.333. The Labute approximate surface area is 99.9 Å². The molecule has 0 saturated heterocycles. The molecule has 1 atom stereocenters. The normalized spacial score (nSPS) is 11.5. The molecule has 0 aliphatic carbocycles. The van der Waals surface area contributed by atoms with Crippen molar-refractivity contribution >= 4 is 11.7 Å². The van der Waals surface area contributed by atoms with Crippen LogP contribution in [0.25, 0.3) is 0 Å². The number of hydrogen-bond donors (Lipinski definition) is 0. The molecule has 1 rings (SSSR count). The third-order valence-corrected chi connectivity index (χ3v) is 2.55. The number of rotatable bonds is 2. The Morgan fingerprint density at radius 3 is 2.65 bits per heavy atom. The lowest BCUT2D eigenvalue weighted by atomic mass is 10.3.